The SMILES string of the molecule is CCCCCCC(C)(CCCCC)N1CCSCC1. The van der Waals surface area contributed by atoms with E-state index in [1.165, 1.54) is 82.4 Å². The third-order valence-corrected chi connectivity index (χ3v) is 5.60. The molecule has 0 saturated carbocycles. The van der Waals surface area contributed by atoms with Crippen molar-refractivity contribution < 1.29 is 0 Å². The standard InChI is InChI=1S/C17H35NS/c1-4-6-8-10-12-17(3,11-9-7-5-2)18-13-15-19-16-14-18/h4-16H2,1-3H3. The first-order valence-electron chi connectivity index (χ1n) is 8.55. The van der Waals surface area contributed by atoms with E-state index in [1.54, 1.807) is 0 Å². The van der Waals surface area contributed by atoms with Crippen LogP contribution in [0, 0.1) is 0 Å². The van der Waals surface area contributed by atoms with Crippen LogP contribution >= 0.6 is 11.8 Å². The fourth-order valence-corrected chi connectivity index (χ4v) is 4.14. The molecule has 1 aliphatic heterocycles. The molecule has 0 aliphatic carbocycles. The highest BCUT2D eigenvalue weighted by molar-refractivity contribution is 7.99. The van der Waals surface area contributed by atoms with Crippen LogP contribution in [-0.4, -0.2) is 35.0 Å². The summed E-state index contributed by atoms with van der Waals surface area (Å²) in [7, 11) is 0. The van der Waals surface area contributed by atoms with E-state index in [2.05, 4.69) is 37.4 Å². The van der Waals surface area contributed by atoms with Gasteiger partial charge in [-0.15, -0.1) is 0 Å². The van der Waals surface area contributed by atoms with Gasteiger partial charge in [0.25, 0.3) is 0 Å². The van der Waals surface area contributed by atoms with Gasteiger partial charge >= 0.3 is 0 Å². The topological polar surface area (TPSA) is 3.24 Å². The van der Waals surface area contributed by atoms with Crippen molar-refractivity contribution in [1.82, 2.24) is 4.90 Å². The highest BCUT2D eigenvalue weighted by Crippen LogP contribution is 2.31. The number of nitrogens with zero attached hydrogens (tertiary/aromatic N) is 1. The highest BCUT2D eigenvalue weighted by Gasteiger charge is 2.31. The fourth-order valence-electron chi connectivity index (χ4n) is 3.23. The van der Waals surface area contributed by atoms with Crippen molar-refractivity contribution >= 4 is 11.8 Å². The van der Waals surface area contributed by atoms with Crippen LogP contribution in [0.2, 0.25) is 0 Å². The second-order valence-electron chi connectivity index (χ2n) is 6.36. The Labute approximate surface area is 125 Å². The lowest BCUT2D eigenvalue weighted by Crippen LogP contribution is -2.50. The first-order valence-corrected chi connectivity index (χ1v) is 9.71. The molecule has 1 atom stereocenters. The molecule has 1 aliphatic rings. The monoisotopic (exact) mass is 285 g/mol. The molecule has 0 amide bonds. The Kier molecular flexibility index (Phi) is 9.23. The lowest BCUT2D eigenvalue weighted by atomic mass is 9.86. The normalized spacial score (nSPS) is 20.4. The van der Waals surface area contributed by atoms with Crippen LogP contribution in [-0.2, 0) is 0 Å². The van der Waals surface area contributed by atoms with Crippen LogP contribution in [0.25, 0.3) is 0 Å². The van der Waals surface area contributed by atoms with E-state index in [0.29, 0.717) is 5.54 Å². The van der Waals surface area contributed by atoms with Crippen molar-refractivity contribution in [2.24, 2.45) is 0 Å². The largest absolute Gasteiger partial charge is 0.296 e. The molecule has 2 heteroatoms. The van der Waals surface area contributed by atoms with Gasteiger partial charge in [0.05, 0.1) is 0 Å². The maximum absolute atomic E-state index is 2.81. The molecule has 114 valence electrons. The van der Waals surface area contributed by atoms with Crippen LogP contribution in [0.15, 0.2) is 0 Å². The van der Waals surface area contributed by atoms with E-state index in [0.717, 1.165) is 0 Å². The van der Waals surface area contributed by atoms with E-state index in [4.69, 9.17) is 0 Å². The molecule has 0 bridgehead atoms. The number of rotatable bonds is 10. The molecule has 1 unspecified atom stereocenters. The summed E-state index contributed by atoms with van der Waals surface area (Å²) in [4.78, 5) is 2.81. The van der Waals surface area contributed by atoms with Gasteiger partial charge in [-0.25, -0.2) is 0 Å². The average Bonchev–Trinajstić information content (AvgIpc) is 2.45. The summed E-state index contributed by atoms with van der Waals surface area (Å²) >= 11 is 2.13. The molecule has 1 fully saturated rings. The number of hydrogen-bond acceptors (Lipinski definition) is 2. The Morgan fingerprint density at radius 3 is 1.95 bits per heavy atom. The molecule has 0 aromatic heterocycles. The second-order valence-corrected chi connectivity index (χ2v) is 7.59. The van der Waals surface area contributed by atoms with Crippen molar-refractivity contribution in [1.29, 1.82) is 0 Å². The zero-order chi connectivity index (χ0) is 14.0. The lowest BCUT2D eigenvalue weighted by molar-refractivity contribution is 0.0913. The third-order valence-electron chi connectivity index (χ3n) is 4.66. The van der Waals surface area contributed by atoms with Gasteiger partial charge in [-0.1, -0.05) is 58.8 Å². The fraction of sp³-hybridized carbons (Fsp3) is 1.00. The summed E-state index contributed by atoms with van der Waals surface area (Å²) in [5, 5.41) is 0. The number of unbranched alkanes of at least 4 members (excludes halogenated alkanes) is 5. The minimum Gasteiger partial charge on any atom is -0.296 e. The molecule has 0 spiro atoms. The molecular weight excluding hydrogens is 250 g/mol. The molecule has 1 rings (SSSR count). The molecule has 0 aromatic rings. The molecule has 1 saturated heterocycles. The van der Waals surface area contributed by atoms with Gasteiger partial charge < -0.3 is 0 Å². The summed E-state index contributed by atoms with van der Waals surface area (Å²) in [5.74, 6) is 2.69. The van der Waals surface area contributed by atoms with E-state index >= 15 is 0 Å². The van der Waals surface area contributed by atoms with Gasteiger partial charge in [0.1, 0.15) is 0 Å². The number of thioether (sulfide) groups is 1. The molecule has 0 aromatic carbocycles. The van der Waals surface area contributed by atoms with Crippen LogP contribution in [0.5, 0.6) is 0 Å². The van der Waals surface area contributed by atoms with Crippen LogP contribution < -0.4 is 0 Å². The van der Waals surface area contributed by atoms with E-state index < -0.39 is 0 Å². The zero-order valence-electron chi connectivity index (χ0n) is 13.5. The summed E-state index contributed by atoms with van der Waals surface area (Å²) in [6.07, 6.45) is 12.6. The van der Waals surface area contributed by atoms with Gasteiger partial charge in [0.15, 0.2) is 0 Å². The van der Waals surface area contributed by atoms with Crippen molar-refractivity contribution in [2.75, 3.05) is 24.6 Å². The highest BCUT2D eigenvalue weighted by atomic mass is 32.2. The third kappa shape index (κ3) is 6.53. The Morgan fingerprint density at radius 2 is 1.37 bits per heavy atom. The Balaban J connectivity index is 2.44. The van der Waals surface area contributed by atoms with Crippen molar-refractivity contribution in [2.45, 2.75) is 84.1 Å². The van der Waals surface area contributed by atoms with Gasteiger partial charge in [-0.05, 0) is 19.8 Å². The summed E-state index contributed by atoms with van der Waals surface area (Å²) in [5.41, 5.74) is 0.490. The number of hydrogen-bond donors (Lipinski definition) is 0. The predicted octanol–water partition coefficient (Wildman–Crippen LogP) is 5.34. The van der Waals surface area contributed by atoms with E-state index in [9.17, 15) is 0 Å². The smallest absolute Gasteiger partial charge is 0.0182 e. The van der Waals surface area contributed by atoms with E-state index in [1.807, 2.05) is 0 Å². The minimum atomic E-state index is 0.490. The maximum Gasteiger partial charge on any atom is 0.0182 e. The minimum absolute atomic E-state index is 0.490. The molecule has 0 N–H and O–H groups in total. The van der Waals surface area contributed by atoms with Gasteiger partial charge in [-0.3, -0.25) is 4.90 Å². The Hall–Kier alpha value is 0.310. The van der Waals surface area contributed by atoms with Crippen LogP contribution in [0.4, 0.5) is 0 Å². The maximum atomic E-state index is 2.81. The van der Waals surface area contributed by atoms with Crippen molar-refractivity contribution in [3.8, 4) is 0 Å². The van der Waals surface area contributed by atoms with Gasteiger partial charge in [0, 0.05) is 30.1 Å². The predicted molar refractivity (Wildman–Crippen MR) is 90.2 cm³/mol. The quantitative estimate of drug-likeness (QED) is 0.498. The summed E-state index contributed by atoms with van der Waals surface area (Å²) < 4.78 is 0. The van der Waals surface area contributed by atoms with Gasteiger partial charge in [-0.2, -0.15) is 11.8 Å². The average molecular weight is 286 g/mol. The Morgan fingerprint density at radius 1 is 0.842 bits per heavy atom. The zero-order valence-corrected chi connectivity index (χ0v) is 14.4. The molecular formula is C17H35NS. The molecule has 1 heterocycles. The lowest BCUT2D eigenvalue weighted by Gasteiger charge is -2.44. The first kappa shape index (κ1) is 17.4. The Bertz CT molecular complexity index is 213. The molecule has 19 heavy (non-hydrogen) atoms. The molecule has 0 radical (unpaired) electrons. The summed E-state index contributed by atoms with van der Waals surface area (Å²) in [6, 6.07) is 0. The van der Waals surface area contributed by atoms with E-state index in [-0.39, 0.29) is 0 Å². The summed E-state index contributed by atoms with van der Waals surface area (Å²) in [6.45, 7) is 9.81. The van der Waals surface area contributed by atoms with Gasteiger partial charge in [0.2, 0.25) is 0 Å². The van der Waals surface area contributed by atoms with Crippen molar-refractivity contribution in [3.05, 3.63) is 0 Å². The van der Waals surface area contributed by atoms with Crippen LogP contribution in [0.1, 0.15) is 78.6 Å². The van der Waals surface area contributed by atoms with Crippen LogP contribution in [0.3, 0.4) is 0 Å². The molecule has 1 nitrogen and oxygen atoms in total. The second kappa shape index (κ2) is 10.1. The van der Waals surface area contributed by atoms with Crippen molar-refractivity contribution in [3.63, 3.8) is 0 Å². The first-order chi connectivity index (χ1) is 9.23.